The highest BCUT2D eigenvalue weighted by molar-refractivity contribution is 7.92. The molecule has 3 aromatic rings. The summed E-state index contributed by atoms with van der Waals surface area (Å²) < 4.78 is 46.2. The van der Waals surface area contributed by atoms with Crippen molar-refractivity contribution in [3.63, 3.8) is 0 Å². The number of benzene rings is 3. The lowest BCUT2D eigenvalue weighted by Crippen LogP contribution is -2.43. The van der Waals surface area contributed by atoms with Gasteiger partial charge in [-0.15, -0.1) is 0 Å². The Hall–Kier alpha value is -3.72. The molecule has 34 heavy (non-hydrogen) atoms. The summed E-state index contributed by atoms with van der Waals surface area (Å²) in [4.78, 5) is 27.2. The van der Waals surface area contributed by atoms with Gasteiger partial charge < -0.3 is 9.64 Å². The number of amides is 1. The van der Waals surface area contributed by atoms with Gasteiger partial charge in [-0.25, -0.2) is 17.6 Å². The van der Waals surface area contributed by atoms with E-state index in [0.29, 0.717) is 6.42 Å². The first-order chi connectivity index (χ1) is 16.2. The van der Waals surface area contributed by atoms with Crippen molar-refractivity contribution in [3.05, 3.63) is 89.7 Å². The predicted molar refractivity (Wildman–Crippen MR) is 126 cm³/mol. The molecule has 7 nitrogen and oxygen atoms in total. The average molecular weight is 483 g/mol. The lowest BCUT2D eigenvalue weighted by molar-refractivity contribution is -0.126. The van der Waals surface area contributed by atoms with Crippen LogP contribution in [0.5, 0.6) is 0 Å². The molecule has 1 heterocycles. The molecule has 4 rings (SSSR count). The molecule has 0 aromatic heterocycles. The molecule has 1 amide bonds. The Labute approximate surface area is 197 Å². The average Bonchev–Trinajstić information content (AvgIpc) is 3.15. The number of rotatable bonds is 6. The van der Waals surface area contributed by atoms with Crippen LogP contribution in [0.3, 0.4) is 0 Å². The van der Waals surface area contributed by atoms with E-state index in [1.807, 2.05) is 31.2 Å². The first kappa shape index (κ1) is 23.4. The van der Waals surface area contributed by atoms with Crippen molar-refractivity contribution in [1.82, 2.24) is 0 Å². The summed E-state index contributed by atoms with van der Waals surface area (Å²) in [6.07, 6.45) is -0.359. The Balaban J connectivity index is 1.48. The van der Waals surface area contributed by atoms with Crippen molar-refractivity contribution >= 4 is 33.3 Å². The Morgan fingerprint density at radius 3 is 2.50 bits per heavy atom. The molecule has 0 saturated carbocycles. The van der Waals surface area contributed by atoms with Crippen LogP contribution in [0.25, 0.3) is 0 Å². The molecule has 9 heteroatoms. The molecule has 1 aliphatic rings. The fourth-order valence-corrected chi connectivity index (χ4v) is 5.00. The summed E-state index contributed by atoms with van der Waals surface area (Å²) in [5.41, 5.74) is 2.00. The molecule has 0 aliphatic carbocycles. The predicted octanol–water partition coefficient (Wildman–Crippen LogP) is 4.15. The number of esters is 1. The zero-order valence-electron chi connectivity index (χ0n) is 18.6. The molecule has 0 saturated heterocycles. The number of fused-ring (bicyclic) bond motifs is 1. The van der Waals surface area contributed by atoms with Gasteiger partial charge in [0.15, 0.2) is 6.10 Å². The van der Waals surface area contributed by atoms with Crippen LogP contribution < -0.4 is 9.62 Å². The van der Waals surface area contributed by atoms with Crippen LogP contribution in [-0.4, -0.2) is 32.4 Å². The van der Waals surface area contributed by atoms with E-state index in [9.17, 15) is 22.4 Å². The quantitative estimate of drug-likeness (QED) is 0.533. The van der Waals surface area contributed by atoms with Crippen LogP contribution in [-0.2, 0) is 26.0 Å². The maximum absolute atomic E-state index is 13.1. The van der Waals surface area contributed by atoms with Gasteiger partial charge in [0.05, 0.1) is 10.5 Å². The molecule has 0 bridgehead atoms. The third kappa shape index (κ3) is 4.79. The van der Waals surface area contributed by atoms with Crippen LogP contribution in [0.1, 0.15) is 29.8 Å². The Kier molecular flexibility index (Phi) is 6.39. The minimum absolute atomic E-state index is 0.0171. The second-order valence-corrected chi connectivity index (χ2v) is 9.76. The van der Waals surface area contributed by atoms with Crippen LogP contribution >= 0.6 is 0 Å². The second kappa shape index (κ2) is 9.26. The third-order valence-corrected chi connectivity index (χ3v) is 6.93. The molecular formula is C25H23FN2O5S. The number of anilines is 2. The van der Waals surface area contributed by atoms with Crippen molar-refractivity contribution < 1.29 is 27.1 Å². The number of halogens is 1. The number of sulfonamides is 1. The summed E-state index contributed by atoms with van der Waals surface area (Å²) in [7, 11) is -4.04. The number of para-hydroxylation sites is 1. The maximum atomic E-state index is 13.1. The van der Waals surface area contributed by atoms with Crippen LogP contribution in [0.4, 0.5) is 15.8 Å². The van der Waals surface area contributed by atoms with Crippen molar-refractivity contribution in [1.29, 1.82) is 0 Å². The zero-order chi connectivity index (χ0) is 24.5. The zero-order valence-corrected chi connectivity index (χ0v) is 19.4. The summed E-state index contributed by atoms with van der Waals surface area (Å²) in [5, 5.41) is 0. The smallest absolute Gasteiger partial charge is 0.338 e. The van der Waals surface area contributed by atoms with Gasteiger partial charge in [-0.1, -0.05) is 24.3 Å². The highest BCUT2D eigenvalue weighted by Gasteiger charge is 2.34. The number of nitrogens with one attached hydrogen (secondary N) is 1. The minimum Gasteiger partial charge on any atom is -0.449 e. The van der Waals surface area contributed by atoms with E-state index in [1.165, 1.54) is 43.3 Å². The van der Waals surface area contributed by atoms with E-state index in [2.05, 4.69) is 4.72 Å². The topological polar surface area (TPSA) is 92.8 Å². The van der Waals surface area contributed by atoms with Crippen molar-refractivity contribution in [2.75, 3.05) is 9.62 Å². The maximum Gasteiger partial charge on any atom is 0.338 e. The Bertz CT molecular complexity index is 1340. The van der Waals surface area contributed by atoms with Gasteiger partial charge in [-0.05, 0) is 74.4 Å². The molecule has 0 unspecified atom stereocenters. The SMILES string of the molecule is C[C@@H]1Cc2ccccc2N1C(=O)[C@@H](C)OC(=O)c1cccc(S(=O)(=O)Nc2ccc(F)cc2)c1. The van der Waals surface area contributed by atoms with Gasteiger partial charge >= 0.3 is 5.97 Å². The highest BCUT2D eigenvalue weighted by atomic mass is 32.2. The third-order valence-electron chi connectivity index (χ3n) is 5.55. The molecule has 0 spiro atoms. The number of hydrogen-bond donors (Lipinski definition) is 1. The molecule has 176 valence electrons. The van der Waals surface area contributed by atoms with Crippen molar-refractivity contribution in [3.8, 4) is 0 Å². The van der Waals surface area contributed by atoms with Gasteiger partial charge in [0.25, 0.3) is 15.9 Å². The molecule has 1 aliphatic heterocycles. The van der Waals surface area contributed by atoms with E-state index in [-0.39, 0.29) is 28.1 Å². The summed E-state index contributed by atoms with van der Waals surface area (Å²) in [5.74, 6) is -1.67. The molecule has 3 aromatic carbocycles. The van der Waals surface area contributed by atoms with Crippen LogP contribution in [0.15, 0.2) is 77.7 Å². The largest absolute Gasteiger partial charge is 0.449 e. The van der Waals surface area contributed by atoms with E-state index in [4.69, 9.17) is 4.74 Å². The second-order valence-electron chi connectivity index (χ2n) is 8.08. The van der Waals surface area contributed by atoms with Crippen molar-refractivity contribution in [2.45, 2.75) is 37.3 Å². The molecule has 2 atom stereocenters. The molecule has 0 radical (unpaired) electrons. The van der Waals surface area contributed by atoms with E-state index < -0.39 is 27.9 Å². The Morgan fingerprint density at radius 1 is 1.06 bits per heavy atom. The first-order valence-electron chi connectivity index (χ1n) is 10.7. The number of carbonyl (C=O) groups is 2. The van der Waals surface area contributed by atoms with Gasteiger partial charge in [0, 0.05) is 17.4 Å². The highest BCUT2D eigenvalue weighted by Crippen LogP contribution is 2.32. The molecule has 1 N–H and O–H groups in total. The van der Waals surface area contributed by atoms with E-state index in [1.54, 1.807) is 4.90 Å². The van der Waals surface area contributed by atoms with Crippen molar-refractivity contribution in [2.24, 2.45) is 0 Å². The fourth-order valence-electron chi connectivity index (χ4n) is 3.90. The normalized spacial score (nSPS) is 16.0. The number of nitrogens with zero attached hydrogens (tertiary/aromatic N) is 1. The number of ether oxygens (including phenoxy) is 1. The van der Waals surface area contributed by atoms with E-state index >= 15 is 0 Å². The Morgan fingerprint density at radius 2 is 1.76 bits per heavy atom. The number of hydrogen-bond acceptors (Lipinski definition) is 5. The molecular weight excluding hydrogens is 459 g/mol. The standard InChI is InChI=1S/C25H23FN2O5S/c1-16-14-18-6-3-4-9-23(18)28(16)24(29)17(2)33-25(30)19-7-5-8-22(15-19)34(31,32)27-21-12-10-20(26)11-13-21/h3-13,15-17,27H,14H2,1-2H3/t16-,17-/m1/s1. The summed E-state index contributed by atoms with van der Waals surface area (Å²) >= 11 is 0. The summed E-state index contributed by atoms with van der Waals surface area (Å²) in [6, 6.07) is 17.6. The van der Waals surface area contributed by atoms with E-state index in [0.717, 1.165) is 23.4 Å². The fraction of sp³-hybridized carbons (Fsp3) is 0.200. The molecule has 0 fully saturated rings. The lowest BCUT2D eigenvalue weighted by Gasteiger charge is -2.26. The van der Waals surface area contributed by atoms with Gasteiger partial charge in [0.2, 0.25) is 0 Å². The van der Waals surface area contributed by atoms with Crippen LogP contribution in [0, 0.1) is 5.82 Å². The van der Waals surface area contributed by atoms with Gasteiger partial charge in [0.1, 0.15) is 5.82 Å². The van der Waals surface area contributed by atoms with Gasteiger partial charge in [-0.2, -0.15) is 0 Å². The number of carbonyl (C=O) groups excluding carboxylic acids is 2. The lowest BCUT2D eigenvalue weighted by atomic mass is 10.1. The van der Waals surface area contributed by atoms with Gasteiger partial charge in [-0.3, -0.25) is 9.52 Å². The monoisotopic (exact) mass is 482 g/mol. The first-order valence-corrected chi connectivity index (χ1v) is 12.1. The van der Waals surface area contributed by atoms with Crippen LogP contribution in [0.2, 0.25) is 0 Å². The summed E-state index contributed by atoms with van der Waals surface area (Å²) in [6.45, 7) is 3.42. The minimum atomic E-state index is -4.04.